The Morgan fingerprint density at radius 1 is 1.10 bits per heavy atom. The quantitative estimate of drug-likeness (QED) is 0.492. The van der Waals surface area contributed by atoms with Crippen LogP contribution in [-0.2, 0) is 23.2 Å². The summed E-state index contributed by atoms with van der Waals surface area (Å²) in [7, 11) is -2.27. The monoisotopic (exact) mass is 464 g/mol. The first kappa shape index (κ1) is 22.5. The normalized spacial score (nSPS) is 11.1. The third-order valence-electron chi connectivity index (χ3n) is 4.19. The van der Waals surface area contributed by atoms with E-state index in [0.29, 0.717) is 27.8 Å². The van der Waals surface area contributed by atoms with Crippen LogP contribution in [0.15, 0.2) is 65.3 Å². The van der Waals surface area contributed by atoms with Gasteiger partial charge in [-0.1, -0.05) is 23.7 Å². The highest BCUT2D eigenvalue weighted by Gasteiger charge is 2.21. The van der Waals surface area contributed by atoms with E-state index in [1.54, 1.807) is 42.5 Å². The Bertz CT molecular complexity index is 1150. The molecule has 0 radical (unpaired) electrons. The Hall–Kier alpha value is -3.17. The van der Waals surface area contributed by atoms with Gasteiger partial charge in [-0.2, -0.15) is 8.42 Å². The summed E-state index contributed by atoms with van der Waals surface area (Å²) in [6.45, 7) is 0.131. The van der Waals surface area contributed by atoms with Crippen molar-refractivity contribution in [1.82, 2.24) is 4.90 Å². The third-order valence-corrected chi connectivity index (χ3v) is 4.90. The maximum absolute atomic E-state index is 13.1. The van der Waals surface area contributed by atoms with Gasteiger partial charge < -0.3 is 23.6 Å². The highest BCUT2D eigenvalue weighted by molar-refractivity contribution is 7.86. The molecule has 2 amide bonds. The molecule has 8 nitrogen and oxygen atoms in total. The number of halogens is 1. The highest BCUT2D eigenvalue weighted by atomic mass is 35.5. The second-order valence-corrected chi connectivity index (χ2v) is 8.62. The molecule has 0 saturated heterocycles. The lowest BCUT2D eigenvalue weighted by atomic mass is 10.2. The molecule has 0 aliphatic carbocycles. The summed E-state index contributed by atoms with van der Waals surface area (Å²) in [5.41, 5.74) is 0.901. The Kier molecular flexibility index (Phi) is 7.09. The topological polar surface area (TPSA) is 98.1 Å². The van der Waals surface area contributed by atoms with Crippen LogP contribution in [0.25, 0.3) is 0 Å². The molecule has 0 saturated carbocycles. The SMILES string of the molecule is COc1ccccc1NC(=O)N(Cc1ccco1)Cc1cc(Cl)ccc1OS(C)(=O)=O. The van der Waals surface area contributed by atoms with Gasteiger partial charge in [0.05, 0.1) is 38.4 Å². The summed E-state index contributed by atoms with van der Waals surface area (Å²) in [5.74, 6) is 1.13. The molecular weight excluding hydrogens is 444 g/mol. The first-order valence-electron chi connectivity index (χ1n) is 9.14. The van der Waals surface area contributed by atoms with E-state index in [0.717, 1.165) is 6.26 Å². The molecule has 3 aromatic rings. The van der Waals surface area contributed by atoms with E-state index in [4.69, 9.17) is 24.9 Å². The summed E-state index contributed by atoms with van der Waals surface area (Å²) >= 11 is 6.10. The number of para-hydroxylation sites is 2. The largest absolute Gasteiger partial charge is 0.495 e. The first-order chi connectivity index (χ1) is 14.7. The molecule has 0 atom stereocenters. The van der Waals surface area contributed by atoms with E-state index in [2.05, 4.69) is 5.32 Å². The average molecular weight is 465 g/mol. The lowest BCUT2D eigenvalue weighted by Crippen LogP contribution is -2.34. The number of urea groups is 1. The summed E-state index contributed by atoms with van der Waals surface area (Å²) in [6.07, 6.45) is 2.45. The number of anilines is 1. The maximum atomic E-state index is 13.1. The predicted octanol–water partition coefficient (Wildman–Crippen LogP) is 4.51. The number of methoxy groups -OCH3 is 1. The van der Waals surface area contributed by atoms with Crippen molar-refractivity contribution in [1.29, 1.82) is 0 Å². The molecule has 0 unspecified atom stereocenters. The van der Waals surface area contributed by atoms with Crippen molar-refractivity contribution in [2.75, 3.05) is 18.7 Å². The van der Waals surface area contributed by atoms with Crippen molar-refractivity contribution in [2.45, 2.75) is 13.1 Å². The van der Waals surface area contributed by atoms with Crippen LogP contribution in [0.1, 0.15) is 11.3 Å². The number of nitrogens with one attached hydrogen (secondary N) is 1. The fourth-order valence-electron chi connectivity index (χ4n) is 2.85. The second-order valence-electron chi connectivity index (χ2n) is 6.61. The Morgan fingerprint density at radius 2 is 1.87 bits per heavy atom. The third kappa shape index (κ3) is 6.40. The zero-order chi connectivity index (χ0) is 22.4. The van der Waals surface area contributed by atoms with Crippen LogP contribution in [0.3, 0.4) is 0 Å². The molecule has 1 heterocycles. The van der Waals surface area contributed by atoms with E-state index in [1.807, 2.05) is 0 Å². The molecule has 31 heavy (non-hydrogen) atoms. The van der Waals surface area contributed by atoms with Crippen LogP contribution in [0.5, 0.6) is 11.5 Å². The lowest BCUT2D eigenvalue weighted by molar-refractivity contribution is 0.200. The zero-order valence-electron chi connectivity index (χ0n) is 16.9. The van der Waals surface area contributed by atoms with Crippen molar-refractivity contribution in [3.63, 3.8) is 0 Å². The molecule has 0 bridgehead atoms. The number of hydrogen-bond donors (Lipinski definition) is 1. The maximum Gasteiger partial charge on any atom is 0.322 e. The van der Waals surface area contributed by atoms with Crippen molar-refractivity contribution >= 4 is 33.4 Å². The molecule has 2 aromatic carbocycles. The summed E-state index contributed by atoms with van der Waals surface area (Å²) in [6, 6.07) is 14.5. The molecule has 10 heteroatoms. The number of rotatable bonds is 8. The number of nitrogens with zero attached hydrogens (tertiary/aromatic N) is 1. The van der Waals surface area contributed by atoms with Crippen LogP contribution in [0.4, 0.5) is 10.5 Å². The molecule has 0 spiro atoms. The van der Waals surface area contributed by atoms with Gasteiger partial charge in [0.1, 0.15) is 17.3 Å². The Labute approximate surface area is 185 Å². The number of carbonyl (C=O) groups is 1. The average Bonchev–Trinajstić information content (AvgIpc) is 3.22. The fraction of sp³-hybridized carbons (Fsp3) is 0.190. The highest BCUT2D eigenvalue weighted by Crippen LogP contribution is 2.28. The van der Waals surface area contributed by atoms with E-state index >= 15 is 0 Å². The number of amides is 2. The molecule has 1 aromatic heterocycles. The van der Waals surface area contributed by atoms with Gasteiger partial charge in [-0.15, -0.1) is 0 Å². The smallest absolute Gasteiger partial charge is 0.322 e. The minimum Gasteiger partial charge on any atom is -0.495 e. The Morgan fingerprint density at radius 3 is 2.55 bits per heavy atom. The zero-order valence-corrected chi connectivity index (χ0v) is 18.4. The van der Waals surface area contributed by atoms with Gasteiger partial charge in [-0.3, -0.25) is 0 Å². The van der Waals surface area contributed by atoms with Crippen LogP contribution in [0, 0.1) is 0 Å². The van der Waals surface area contributed by atoms with Gasteiger partial charge in [0.25, 0.3) is 0 Å². The van der Waals surface area contributed by atoms with Gasteiger partial charge >= 0.3 is 16.1 Å². The number of ether oxygens (including phenoxy) is 1. The minimum absolute atomic E-state index is 0.00704. The number of hydrogen-bond acceptors (Lipinski definition) is 6. The summed E-state index contributed by atoms with van der Waals surface area (Å²) in [4.78, 5) is 14.6. The lowest BCUT2D eigenvalue weighted by Gasteiger charge is -2.24. The predicted molar refractivity (Wildman–Crippen MR) is 117 cm³/mol. The van der Waals surface area contributed by atoms with Crippen LogP contribution >= 0.6 is 11.6 Å². The van der Waals surface area contributed by atoms with Crippen molar-refractivity contribution in [3.8, 4) is 11.5 Å². The van der Waals surface area contributed by atoms with Gasteiger partial charge in [0.2, 0.25) is 0 Å². The summed E-state index contributed by atoms with van der Waals surface area (Å²) in [5, 5.41) is 3.18. The molecule has 164 valence electrons. The van der Waals surface area contributed by atoms with E-state index in [1.165, 1.54) is 30.4 Å². The first-order valence-corrected chi connectivity index (χ1v) is 11.3. The number of carbonyl (C=O) groups excluding carboxylic acids is 1. The van der Waals surface area contributed by atoms with Gasteiger partial charge in [-0.25, -0.2) is 4.79 Å². The number of benzene rings is 2. The molecular formula is C21H21ClN2O6S. The van der Waals surface area contributed by atoms with E-state index in [-0.39, 0.29) is 18.8 Å². The fourth-order valence-corrected chi connectivity index (χ4v) is 3.54. The van der Waals surface area contributed by atoms with E-state index < -0.39 is 16.1 Å². The molecule has 0 fully saturated rings. The Balaban J connectivity index is 1.91. The second kappa shape index (κ2) is 9.76. The molecule has 0 aliphatic heterocycles. The molecule has 3 rings (SSSR count). The van der Waals surface area contributed by atoms with E-state index in [9.17, 15) is 13.2 Å². The molecule has 0 aliphatic rings. The van der Waals surface area contributed by atoms with Gasteiger partial charge in [-0.05, 0) is 42.5 Å². The van der Waals surface area contributed by atoms with Crippen LogP contribution < -0.4 is 14.2 Å². The van der Waals surface area contributed by atoms with Gasteiger partial charge in [0, 0.05) is 10.6 Å². The van der Waals surface area contributed by atoms with Crippen molar-refractivity contribution in [3.05, 3.63) is 77.2 Å². The van der Waals surface area contributed by atoms with Crippen LogP contribution in [0.2, 0.25) is 5.02 Å². The minimum atomic E-state index is -3.77. The van der Waals surface area contributed by atoms with Crippen molar-refractivity contribution < 1.29 is 26.5 Å². The van der Waals surface area contributed by atoms with Crippen LogP contribution in [-0.4, -0.2) is 32.7 Å². The van der Waals surface area contributed by atoms with Crippen molar-refractivity contribution in [2.24, 2.45) is 0 Å². The summed E-state index contributed by atoms with van der Waals surface area (Å²) < 4.78 is 39.0. The standard InChI is InChI=1S/C21H21ClN2O6S/c1-28-20-8-4-3-7-18(20)23-21(25)24(14-17-6-5-11-29-17)13-15-12-16(22)9-10-19(15)30-31(2,26)27/h3-12H,13-14H2,1-2H3,(H,23,25). The van der Waals surface area contributed by atoms with Gasteiger partial charge in [0.15, 0.2) is 0 Å². The number of furan rings is 1. The molecule has 1 N–H and O–H groups in total.